The van der Waals surface area contributed by atoms with Crippen LogP contribution >= 0.6 is 0 Å². The number of benzene rings is 2. The fraction of sp³-hybridized carbons (Fsp3) is 0.364. The number of primary amides is 1. The van der Waals surface area contributed by atoms with E-state index in [0.29, 0.717) is 18.1 Å². The highest BCUT2D eigenvalue weighted by Gasteiger charge is 2.14. The van der Waals surface area contributed by atoms with E-state index in [2.05, 4.69) is 51.7 Å². The van der Waals surface area contributed by atoms with Gasteiger partial charge in [-0.3, -0.25) is 9.79 Å². The van der Waals surface area contributed by atoms with E-state index in [-0.39, 0.29) is 6.04 Å². The van der Waals surface area contributed by atoms with Gasteiger partial charge in [-0.25, -0.2) is 0 Å². The zero-order valence-corrected chi connectivity index (χ0v) is 16.6. The molecule has 2 aromatic carbocycles. The number of hydrogen-bond donors (Lipinski definition) is 3. The first-order valence-corrected chi connectivity index (χ1v) is 9.77. The summed E-state index contributed by atoms with van der Waals surface area (Å²) in [6, 6.07) is 16.1. The number of nitrogens with two attached hydrogens (primary N) is 1. The average Bonchev–Trinajstić information content (AvgIpc) is 3.26. The molecule has 0 aromatic heterocycles. The van der Waals surface area contributed by atoms with Gasteiger partial charge in [0, 0.05) is 37.9 Å². The molecule has 2 aromatic rings. The number of nitrogens with one attached hydrogen (secondary N) is 2. The van der Waals surface area contributed by atoms with E-state index in [4.69, 9.17) is 5.73 Å². The standard InChI is InChI=1S/C22H29N5O/c1-16(18-8-6-10-20(14-18)27-11-3-4-12-27)26-22(24-2)25-15-17-7-5-9-19(13-17)21(23)28/h5-10,13-14,16H,3-4,11-12,15H2,1-2H3,(H2,23,28)(H2,24,25,26). The molecule has 0 bridgehead atoms. The van der Waals surface area contributed by atoms with Gasteiger partial charge in [0.05, 0.1) is 6.04 Å². The van der Waals surface area contributed by atoms with Crippen LogP contribution in [0.3, 0.4) is 0 Å². The molecule has 1 atom stereocenters. The number of aliphatic imine (C=N–C) groups is 1. The lowest BCUT2D eigenvalue weighted by atomic mass is 10.1. The van der Waals surface area contributed by atoms with Crippen molar-refractivity contribution in [1.29, 1.82) is 0 Å². The normalized spacial score (nSPS) is 15.4. The van der Waals surface area contributed by atoms with Crippen molar-refractivity contribution in [3.63, 3.8) is 0 Å². The maximum absolute atomic E-state index is 11.3. The molecule has 4 N–H and O–H groups in total. The molecule has 0 aliphatic carbocycles. The predicted octanol–water partition coefficient (Wildman–Crippen LogP) is 2.81. The van der Waals surface area contributed by atoms with Crippen LogP contribution in [-0.2, 0) is 6.54 Å². The molecule has 1 fully saturated rings. The van der Waals surface area contributed by atoms with Gasteiger partial charge in [0.2, 0.25) is 5.91 Å². The van der Waals surface area contributed by atoms with Gasteiger partial charge in [-0.15, -0.1) is 0 Å². The first kappa shape index (κ1) is 19.7. The van der Waals surface area contributed by atoms with Crippen LogP contribution in [0.4, 0.5) is 5.69 Å². The molecule has 28 heavy (non-hydrogen) atoms. The number of rotatable bonds is 6. The Hall–Kier alpha value is -3.02. The summed E-state index contributed by atoms with van der Waals surface area (Å²) < 4.78 is 0. The van der Waals surface area contributed by atoms with Gasteiger partial charge in [0.25, 0.3) is 0 Å². The maximum atomic E-state index is 11.3. The summed E-state index contributed by atoms with van der Waals surface area (Å²) in [5.74, 6) is 0.291. The fourth-order valence-corrected chi connectivity index (χ4v) is 3.47. The van der Waals surface area contributed by atoms with Crippen molar-refractivity contribution in [3.05, 3.63) is 65.2 Å². The number of carbonyl (C=O) groups is 1. The van der Waals surface area contributed by atoms with Gasteiger partial charge in [0.1, 0.15) is 0 Å². The number of hydrogen-bond acceptors (Lipinski definition) is 3. The predicted molar refractivity (Wildman–Crippen MR) is 115 cm³/mol. The Labute approximate surface area is 166 Å². The fourth-order valence-electron chi connectivity index (χ4n) is 3.47. The quantitative estimate of drug-likeness (QED) is 0.532. The molecular formula is C22H29N5O. The Bertz CT molecular complexity index is 842. The summed E-state index contributed by atoms with van der Waals surface area (Å²) in [5.41, 5.74) is 9.35. The summed E-state index contributed by atoms with van der Waals surface area (Å²) in [4.78, 5) is 18.1. The third-order valence-electron chi connectivity index (χ3n) is 5.09. The molecule has 1 saturated heterocycles. The molecule has 1 amide bonds. The number of nitrogens with zero attached hydrogens (tertiary/aromatic N) is 2. The van der Waals surface area contributed by atoms with E-state index >= 15 is 0 Å². The summed E-state index contributed by atoms with van der Waals surface area (Å²) >= 11 is 0. The van der Waals surface area contributed by atoms with Crippen LogP contribution in [0.15, 0.2) is 53.5 Å². The number of guanidine groups is 1. The molecule has 0 radical (unpaired) electrons. The first-order chi connectivity index (χ1) is 13.6. The lowest BCUT2D eigenvalue weighted by molar-refractivity contribution is 0.1000. The van der Waals surface area contributed by atoms with Gasteiger partial charge in [-0.05, 0) is 55.2 Å². The van der Waals surface area contributed by atoms with Crippen LogP contribution < -0.4 is 21.3 Å². The van der Waals surface area contributed by atoms with Crippen LogP contribution in [0, 0.1) is 0 Å². The second-order valence-corrected chi connectivity index (χ2v) is 7.15. The summed E-state index contributed by atoms with van der Waals surface area (Å²) in [5, 5.41) is 6.74. The SMILES string of the molecule is CN=C(NCc1cccc(C(N)=O)c1)NC(C)c1cccc(N2CCCC2)c1. The highest BCUT2D eigenvalue weighted by molar-refractivity contribution is 5.92. The average molecular weight is 380 g/mol. The van der Waals surface area contributed by atoms with E-state index in [9.17, 15) is 4.79 Å². The van der Waals surface area contributed by atoms with Crippen molar-refractivity contribution < 1.29 is 4.79 Å². The third kappa shape index (κ3) is 5.03. The van der Waals surface area contributed by atoms with E-state index in [1.807, 2.05) is 12.1 Å². The van der Waals surface area contributed by atoms with Crippen molar-refractivity contribution in [2.75, 3.05) is 25.0 Å². The van der Waals surface area contributed by atoms with Crippen molar-refractivity contribution in [1.82, 2.24) is 10.6 Å². The smallest absolute Gasteiger partial charge is 0.248 e. The van der Waals surface area contributed by atoms with Crippen molar-refractivity contribution in [2.24, 2.45) is 10.7 Å². The third-order valence-corrected chi connectivity index (χ3v) is 5.09. The molecule has 1 aliphatic rings. The molecule has 6 heteroatoms. The molecule has 148 valence electrons. The summed E-state index contributed by atoms with van der Waals surface area (Å²) in [7, 11) is 1.75. The van der Waals surface area contributed by atoms with Gasteiger partial charge in [-0.1, -0.05) is 24.3 Å². The maximum Gasteiger partial charge on any atom is 0.248 e. The van der Waals surface area contributed by atoms with E-state index < -0.39 is 5.91 Å². The Morgan fingerprint density at radius 2 is 1.93 bits per heavy atom. The van der Waals surface area contributed by atoms with E-state index in [0.717, 1.165) is 18.7 Å². The van der Waals surface area contributed by atoms with Crippen LogP contribution in [0.5, 0.6) is 0 Å². The van der Waals surface area contributed by atoms with Crippen molar-refractivity contribution >= 4 is 17.6 Å². The Morgan fingerprint density at radius 1 is 1.18 bits per heavy atom. The Kier molecular flexibility index (Phi) is 6.53. The van der Waals surface area contributed by atoms with Crippen LogP contribution in [0.25, 0.3) is 0 Å². The van der Waals surface area contributed by atoms with Gasteiger partial charge in [-0.2, -0.15) is 0 Å². The minimum absolute atomic E-state index is 0.116. The topological polar surface area (TPSA) is 82.7 Å². The van der Waals surface area contributed by atoms with Gasteiger partial charge in [0.15, 0.2) is 5.96 Å². The van der Waals surface area contributed by atoms with E-state index in [1.165, 1.54) is 24.1 Å². The van der Waals surface area contributed by atoms with Gasteiger partial charge < -0.3 is 21.3 Å². The molecule has 1 heterocycles. The van der Waals surface area contributed by atoms with Crippen LogP contribution in [0.2, 0.25) is 0 Å². The highest BCUT2D eigenvalue weighted by atomic mass is 16.1. The largest absolute Gasteiger partial charge is 0.372 e. The molecule has 0 spiro atoms. The van der Waals surface area contributed by atoms with Crippen LogP contribution in [0.1, 0.15) is 47.3 Å². The monoisotopic (exact) mass is 379 g/mol. The minimum Gasteiger partial charge on any atom is -0.372 e. The number of anilines is 1. The van der Waals surface area contributed by atoms with Crippen molar-refractivity contribution in [3.8, 4) is 0 Å². The second kappa shape index (κ2) is 9.26. The lowest BCUT2D eigenvalue weighted by Gasteiger charge is -2.22. The zero-order valence-electron chi connectivity index (χ0n) is 16.6. The van der Waals surface area contributed by atoms with Crippen LogP contribution in [-0.4, -0.2) is 32.0 Å². The van der Waals surface area contributed by atoms with E-state index in [1.54, 1.807) is 19.2 Å². The number of carbonyl (C=O) groups excluding carboxylic acids is 1. The molecule has 1 aliphatic heterocycles. The molecule has 6 nitrogen and oxygen atoms in total. The molecular weight excluding hydrogens is 350 g/mol. The second-order valence-electron chi connectivity index (χ2n) is 7.15. The van der Waals surface area contributed by atoms with Gasteiger partial charge >= 0.3 is 0 Å². The van der Waals surface area contributed by atoms with Crippen molar-refractivity contribution in [2.45, 2.75) is 32.4 Å². The summed E-state index contributed by atoms with van der Waals surface area (Å²) in [6.45, 7) is 4.96. The lowest BCUT2D eigenvalue weighted by Crippen LogP contribution is -2.38. The first-order valence-electron chi connectivity index (χ1n) is 9.77. The Morgan fingerprint density at radius 3 is 2.64 bits per heavy atom. The minimum atomic E-state index is -0.420. The Balaban J connectivity index is 1.60. The highest BCUT2D eigenvalue weighted by Crippen LogP contribution is 2.23. The summed E-state index contributed by atoms with van der Waals surface area (Å²) in [6.07, 6.45) is 2.54. The molecule has 0 saturated carbocycles. The molecule has 1 unspecified atom stereocenters. The zero-order chi connectivity index (χ0) is 19.9. The number of amides is 1. The molecule has 3 rings (SSSR count).